The average molecular weight is 341 g/mol. The van der Waals surface area contributed by atoms with E-state index < -0.39 is 0 Å². The Labute approximate surface area is 149 Å². The van der Waals surface area contributed by atoms with Gasteiger partial charge in [-0.1, -0.05) is 49.3 Å². The van der Waals surface area contributed by atoms with Gasteiger partial charge in [-0.05, 0) is 18.9 Å². The van der Waals surface area contributed by atoms with Gasteiger partial charge in [0.2, 0.25) is 0 Å². The van der Waals surface area contributed by atoms with Crippen LogP contribution in [-0.4, -0.2) is 46.5 Å². The van der Waals surface area contributed by atoms with Gasteiger partial charge >= 0.3 is 0 Å². The summed E-state index contributed by atoms with van der Waals surface area (Å²) >= 11 is 0. The van der Waals surface area contributed by atoms with Crippen molar-refractivity contribution in [3.05, 3.63) is 53.4 Å². The number of carbonyl (C=O) groups is 1. The second kappa shape index (κ2) is 7.83. The number of aromatic nitrogens is 1. The van der Waals surface area contributed by atoms with Crippen LogP contribution >= 0.6 is 0 Å². The van der Waals surface area contributed by atoms with Gasteiger partial charge in [0, 0.05) is 44.2 Å². The molecule has 134 valence electrons. The van der Waals surface area contributed by atoms with Crippen molar-refractivity contribution in [2.45, 2.75) is 45.7 Å². The van der Waals surface area contributed by atoms with Crippen molar-refractivity contribution in [3.8, 4) is 0 Å². The minimum atomic E-state index is -0.0234. The summed E-state index contributed by atoms with van der Waals surface area (Å²) in [6.07, 6.45) is 0.970. The van der Waals surface area contributed by atoms with Gasteiger partial charge in [0.25, 0.3) is 5.91 Å². The molecule has 1 aliphatic rings. The van der Waals surface area contributed by atoms with E-state index in [2.05, 4.69) is 41.2 Å². The maximum Gasteiger partial charge on any atom is 0.276 e. The van der Waals surface area contributed by atoms with Gasteiger partial charge < -0.3 is 9.42 Å². The Kier molecular flexibility index (Phi) is 5.53. The van der Waals surface area contributed by atoms with Crippen LogP contribution in [0.2, 0.25) is 0 Å². The molecule has 1 atom stereocenters. The number of hydrogen-bond donors (Lipinski definition) is 0. The fraction of sp³-hybridized carbons (Fsp3) is 0.500. The number of nitrogens with zero attached hydrogens (tertiary/aromatic N) is 3. The first-order valence-corrected chi connectivity index (χ1v) is 9.08. The molecule has 5 nitrogen and oxygen atoms in total. The fourth-order valence-electron chi connectivity index (χ4n) is 3.34. The highest BCUT2D eigenvalue weighted by Gasteiger charge is 2.28. The maximum absolute atomic E-state index is 12.8. The fourth-order valence-corrected chi connectivity index (χ4v) is 3.34. The van der Waals surface area contributed by atoms with E-state index in [0.717, 1.165) is 38.4 Å². The second-order valence-corrected chi connectivity index (χ2v) is 7.19. The Bertz CT molecular complexity index is 696. The normalized spacial score (nSPS) is 19.2. The van der Waals surface area contributed by atoms with Crippen molar-refractivity contribution in [1.82, 2.24) is 15.0 Å². The lowest BCUT2D eigenvalue weighted by Gasteiger charge is -2.28. The first-order valence-electron chi connectivity index (χ1n) is 9.08. The Morgan fingerprint density at radius 1 is 1.28 bits per heavy atom. The van der Waals surface area contributed by atoms with Gasteiger partial charge in [-0.15, -0.1) is 0 Å². The standard InChI is InChI=1S/C20H27N3O2/c1-15(2)19-12-18(21-25-19)20(24)23-11-7-10-22(13-16(23)3)14-17-8-5-4-6-9-17/h4-6,8-9,12,15-16H,7,10-11,13-14H2,1-3H3/t16-/m1/s1. The lowest BCUT2D eigenvalue weighted by atomic mass is 10.1. The monoisotopic (exact) mass is 341 g/mol. The number of carbonyl (C=O) groups excluding carboxylic acids is 1. The molecule has 2 heterocycles. The van der Waals surface area contributed by atoms with Crippen LogP contribution in [0, 0.1) is 0 Å². The predicted molar refractivity (Wildman–Crippen MR) is 97.4 cm³/mol. The molecule has 1 amide bonds. The zero-order chi connectivity index (χ0) is 17.8. The molecule has 0 bridgehead atoms. The Balaban J connectivity index is 1.66. The van der Waals surface area contributed by atoms with Crippen molar-refractivity contribution in [3.63, 3.8) is 0 Å². The van der Waals surface area contributed by atoms with Crippen molar-refractivity contribution < 1.29 is 9.32 Å². The number of amides is 1. The van der Waals surface area contributed by atoms with Crippen LogP contribution in [0.4, 0.5) is 0 Å². The van der Waals surface area contributed by atoms with E-state index in [1.807, 2.05) is 24.8 Å². The van der Waals surface area contributed by atoms with Crippen LogP contribution in [0.15, 0.2) is 40.9 Å². The zero-order valence-corrected chi connectivity index (χ0v) is 15.3. The van der Waals surface area contributed by atoms with E-state index >= 15 is 0 Å². The third kappa shape index (κ3) is 4.28. The largest absolute Gasteiger partial charge is 0.360 e. The molecule has 5 heteroatoms. The zero-order valence-electron chi connectivity index (χ0n) is 15.3. The van der Waals surface area contributed by atoms with Crippen LogP contribution in [0.3, 0.4) is 0 Å². The van der Waals surface area contributed by atoms with Crippen LogP contribution < -0.4 is 0 Å². The minimum Gasteiger partial charge on any atom is -0.360 e. The molecule has 0 N–H and O–H groups in total. The van der Waals surface area contributed by atoms with Gasteiger partial charge in [0.05, 0.1) is 0 Å². The average Bonchev–Trinajstić information content (AvgIpc) is 3.02. The van der Waals surface area contributed by atoms with Gasteiger partial charge in [-0.2, -0.15) is 0 Å². The highest BCUT2D eigenvalue weighted by Crippen LogP contribution is 2.19. The van der Waals surface area contributed by atoms with E-state index in [1.165, 1.54) is 5.56 Å². The highest BCUT2D eigenvalue weighted by molar-refractivity contribution is 5.92. The molecule has 1 aromatic heterocycles. The van der Waals surface area contributed by atoms with Crippen molar-refractivity contribution >= 4 is 5.91 Å². The summed E-state index contributed by atoms with van der Waals surface area (Å²) < 4.78 is 5.30. The molecule has 2 aromatic rings. The van der Waals surface area contributed by atoms with Gasteiger partial charge in [0.15, 0.2) is 5.69 Å². The minimum absolute atomic E-state index is 0.0234. The molecule has 0 unspecified atom stereocenters. The summed E-state index contributed by atoms with van der Waals surface area (Å²) in [5.41, 5.74) is 1.74. The summed E-state index contributed by atoms with van der Waals surface area (Å²) in [5.74, 6) is 0.971. The molecular formula is C20H27N3O2. The third-order valence-corrected chi connectivity index (χ3v) is 4.75. The van der Waals surface area contributed by atoms with Crippen LogP contribution in [0.5, 0.6) is 0 Å². The number of hydrogen-bond acceptors (Lipinski definition) is 4. The number of benzene rings is 1. The highest BCUT2D eigenvalue weighted by atomic mass is 16.5. The third-order valence-electron chi connectivity index (χ3n) is 4.75. The summed E-state index contributed by atoms with van der Waals surface area (Å²) in [4.78, 5) is 17.2. The van der Waals surface area contributed by atoms with Crippen molar-refractivity contribution in [2.24, 2.45) is 0 Å². The Morgan fingerprint density at radius 2 is 2.04 bits per heavy atom. The first kappa shape index (κ1) is 17.7. The SMILES string of the molecule is CC(C)c1cc(C(=O)N2CCCN(Cc3ccccc3)C[C@H]2C)no1. The summed E-state index contributed by atoms with van der Waals surface area (Å²) in [6, 6.07) is 12.4. The molecule has 1 aromatic carbocycles. The molecule has 1 aliphatic heterocycles. The first-order chi connectivity index (χ1) is 12.0. The molecule has 0 spiro atoms. The van der Waals surface area contributed by atoms with E-state index in [1.54, 1.807) is 6.07 Å². The molecule has 1 fully saturated rings. The van der Waals surface area contributed by atoms with Crippen LogP contribution in [0.1, 0.15) is 54.9 Å². The van der Waals surface area contributed by atoms with Crippen molar-refractivity contribution in [1.29, 1.82) is 0 Å². The molecule has 3 rings (SSSR count). The topological polar surface area (TPSA) is 49.6 Å². The molecule has 25 heavy (non-hydrogen) atoms. The quantitative estimate of drug-likeness (QED) is 0.853. The predicted octanol–water partition coefficient (Wildman–Crippen LogP) is 3.53. The Hall–Kier alpha value is -2.14. The second-order valence-electron chi connectivity index (χ2n) is 7.19. The molecule has 0 radical (unpaired) electrons. The molecule has 0 saturated carbocycles. The lowest BCUT2D eigenvalue weighted by Crippen LogP contribution is -2.42. The smallest absolute Gasteiger partial charge is 0.276 e. The van der Waals surface area contributed by atoms with Gasteiger partial charge in [0.1, 0.15) is 5.76 Å². The molecular weight excluding hydrogens is 314 g/mol. The van der Waals surface area contributed by atoms with E-state index in [4.69, 9.17) is 4.52 Å². The molecule has 0 aliphatic carbocycles. The van der Waals surface area contributed by atoms with Crippen LogP contribution in [0.25, 0.3) is 0 Å². The van der Waals surface area contributed by atoms with Gasteiger partial charge in [-0.25, -0.2) is 0 Å². The van der Waals surface area contributed by atoms with E-state index in [0.29, 0.717) is 5.69 Å². The summed E-state index contributed by atoms with van der Waals surface area (Å²) in [5, 5.41) is 3.98. The van der Waals surface area contributed by atoms with Gasteiger partial charge in [-0.3, -0.25) is 9.69 Å². The Morgan fingerprint density at radius 3 is 2.72 bits per heavy atom. The molecule has 1 saturated heterocycles. The van der Waals surface area contributed by atoms with E-state index in [9.17, 15) is 4.79 Å². The van der Waals surface area contributed by atoms with E-state index in [-0.39, 0.29) is 17.9 Å². The lowest BCUT2D eigenvalue weighted by molar-refractivity contribution is 0.0681. The van der Waals surface area contributed by atoms with Crippen molar-refractivity contribution in [2.75, 3.05) is 19.6 Å². The van der Waals surface area contributed by atoms with Crippen LogP contribution in [-0.2, 0) is 6.54 Å². The number of rotatable bonds is 4. The summed E-state index contributed by atoms with van der Waals surface area (Å²) in [7, 11) is 0. The maximum atomic E-state index is 12.8. The summed E-state index contributed by atoms with van der Waals surface area (Å²) in [6.45, 7) is 9.73.